The molecule has 0 bridgehead atoms. The number of rotatable bonds is 4. The van der Waals surface area contributed by atoms with E-state index in [0.29, 0.717) is 11.1 Å². The number of hydrogen-bond donors (Lipinski definition) is 1. The molecule has 0 atom stereocenters. The number of fused-ring (bicyclic) bond motifs is 2. The van der Waals surface area contributed by atoms with Crippen LogP contribution in [0.2, 0.25) is 0 Å². The van der Waals surface area contributed by atoms with Crippen molar-refractivity contribution in [2.24, 2.45) is 5.10 Å². The van der Waals surface area contributed by atoms with Crippen LogP contribution in [0, 0.1) is 13.8 Å². The fourth-order valence-electron chi connectivity index (χ4n) is 4.58. The molecule has 0 aliphatic heterocycles. The highest BCUT2D eigenvalue weighted by Crippen LogP contribution is 2.41. The number of Topliss-reactive ketones (excluding diaryl/α,β-unsaturated/α-hetero) is 1. The molecular weight excluding hydrogens is 408 g/mol. The molecule has 0 saturated heterocycles. The van der Waals surface area contributed by atoms with Crippen LogP contribution in [0.5, 0.6) is 5.75 Å². The highest BCUT2D eigenvalue weighted by Gasteiger charge is 2.15. The predicted octanol–water partition coefficient (Wildman–Crippen LogP) is 6.87. The number of phenols is 1. The molecule has 1 heterocycles. The second kappa shape index (κ2) is 8.06. The average molecular weight is 433 g/mol. The summed E-state index contributed by atoms with van der Waals surface area (Å²) in [6, 6.07) is 26.2. The van der Waals surface area contributed by atoms with E-state index in [2.05, 4.69) is 35.4 Å². The Hall–Kier alpha value is -4.18. The average Bonchev–Trinajstić information content (AvgIpc) is 3.10. The van der Waals surface area contributed by atoms with Crippen molar-refractivity contribution >= 4 is 33.5 Å². The number of para-hydroxylation sites is 1. The van der Waals surface area contributed by atoms with Crippen LogP contribution >= 0.6 is 0 Å². The Morgan fingerprint density at radius 2 is 1.52 bits per heavy atom. The maximum absolute atomic E-state index is 11.9. The van der Waals surface area contributed by atoms with Crippen LogP contribution in [-0.2, 0) is 0 Å². The van der Waals surface area contributed by atoms with Gasteiger partial charge in [0.15, 0.2) is 5.78 Å². The molecule has 0 spiro atoms. The van der Waals surface area contributed by atoms with E-state index in [1.54, 1.807) is 17.8 Å². The molecule has 0 amide bonds. The molecule has 0 aliphatic carbocycles. The monoisotopic (exact) mass is 432 g/mol. The van der Waals surface area contributed by atoms with E-state index in [1.165, 1.54) is 0 Å². The molecule has 1 N–H and O–H groups in total. The number of aromatic hydroxyl groups is 1. The number of aromatic nitrogens is 1. The van der Waals surface area contributed by atoms with Gasteiger partial charge in [-0.15, -0.1) is 0 Å². The summed E-state index contributed by atoms with van der Waals surface area (Å²) in [6.07, 6.45) is 1.65. The molecule has 1 aromatic heterocycles. The lowest BCUT2D eigenvalue weighted by atomic mass is 9.91. The summed E-state index contributed by atoms with van der Waals surface area (Å²) < 4.78 is 1.73. The third-order valence-electron chi connectivity index (χ3n) is 6.19. The van der Waals surface area contributed by atoms with Gasteiger partial charge in [-0.1, -0.05) is 60.7 Å². The van der Waals surface area contributed by atoms with Gasteiger partial charge in [-0.05, 0) is 60.5 Å². The van der Waals surface area contributed by atoms with E-state index < -0.39 is 0 Å². The van der Waals surface area contributed by atoms with E-state index in [9.17, 15) is 9.90 Å². The Balaban J connectivity index is 1.69. The Kier molecular flexibility index (Phi) is 5.06. The van der Waals surface area contributed by atoms with Crippen molar-refractivity contribution < 1.29 is 9.90 Å². The van der Waals surface area contributed by atoms with Crippen LogP contribution < -0.4 is 0 Å². The molecule has 0 fully saturated rings. The number of carbonyl (C=O) groups excluding carboxylic acids is 1. The van der Waals surface area contributed by atoms with E-state index in [-0.39, 0.29) is 11.5 Å². The lowest BCUT2D eigenvalue weighted by molar-refractivity contribution is 0.101. The molecule has 162 valence electrons. The topological polar surface area (TPSA) is 54.6 Å². The van der Waals surface area contributed by atoms with Gasteiger partial charge in [0.25, 0.3) is 0 Å². The first-order valence-electron chi connectivity index (χ1n) is 10.9. The summed E-state index contributed by atoms with van der Waals surface area (Å²) >= 11 is 0. The standard InChI is InChI=1S/C29H24N2O2/c1-18-15-27(20(3)32)19(2)31(18)30-17-23-11-8-14-26(29(23)33)28-24-12-6-4-9-21(24)16-22-10-5-7-13-25(22)28/h4-17,33H,1-3H3/b30-17+. The molecule has 5 rings (SSSR count). The molecule has 0 unspecified atom stereocenters. The van der Waals surface area contributed by atoms with Crippen LogP contribution in [0.3, 0.4) is 0 Å². The zero-order valence-electron chi connectivity index (χ0n) is 18.8. The van der Waals surface area contributed by atoms with E-state index in [1.807, 2.05) is 62.4 Å². The Morgan fingerprint density at radius 1 is 0.879 bits per heavy atom. The second-order valence-corrected chi connectivity index (χ2v) is 8.33. The van der Waals surface area contributed by atoms with Crippen molar-refractivity contribution in [2.75, 3.05) is 0 Å². The van der Waals surface area contributed by atoms with Crippen molar-refractivity contribution in [3.8, 4) is 16.9 Å². The van der Waals surface area contributed by atoms with Gasteiger partial charge >= 0.3 is 0 Å². The molecule has 4 heteroatoms. The minimum atomic E-state index is 0.0113. The number of carbonyl (C=O) groups is 1. The third-order valence-corrected chi connectivity index (χ3v) is 6.19. The van der Waals surface area contributed by atoms with Gasteiger partial charge in [-0.3, -0.25) is 4.79 Å². The Labute approximate surface area is 192 Å². The third kappa shape index (κ3) is 3.50. The fourth-order valence-corrected chi connectivity index (χ4v) is 4.58. The smallest absolute Gasteiger partial charge is 0.161 e. The van der Waals surface area contributed by atoms with Gasteiger partial charge in [0, 0.05) is 33.6 Å². The lowest BCUT2D eigenvalue weighted by Gasteiger charge is -2.14. The normalized spacial score (nSPS) is 11.6. The van der Waals surface area contributed by atoms with E-state index >= 15 is 0 Å². The molecule has 0 saturated carbocycles. The van der Waals surface area contributed by atoms with Crippen LogP contribution in [0.4, 0.5) is 0 Å². The summed E-state index contributed by atoms with van der Waals surface area (Å²) in [6.45, 7) is 5.34. The van der Waals surface area contributed by atoms with Gasteiger partial charge in [0.1, 0.15) is 5.75 Å². The first kappa shape index (κ1) is 20.7. The zero-order valence-corrected chi connectivity index (χ0v) is 18.8. The minimum absolute atomic E-state index is 0.0113. The molecular formula is C29H24N2O2. The quantitative estimate of drug-likeness (QED) is 0.191. The molecule has 4 aromatic carbocycles. The maximum atomic E-state index is 11.9. The SMILES string of the molecule is CC(=O)c1cc(C)n(/N=C/c2cccc(-c3c4ccccc4cc4ccccc34)c2O)c1C. The summed E-state index contributed by atoms with van der Waals surface area (Å²) in [4.78, 5) is 11.9. The first-order chi connectivity index (χ1) is 16.0. The van der Waals surface area contributed by atoms with Gasteiger partial charge < -0.3 is 5.11 Å². The molecule has 5 aromatic rings. The number of aryl methyl sites for hydroxylation is 1. The summed E-state index contributed by atoms with van der Waals surface area (Å²) in [5.74, 6) is 0.189. The van der Waals surface area contributed by atoms with Crippen LogP contribution in [0.25, 0.3) is 32.7 Å². The molecule has 0 radical (unpaired) electrons. The number of nitrogens with zero attached hydrogens (tertiary/aromatic N) is 2. The highest BCUT2D eigenvalue weighted by molar-refractivity contribution is 6.14. The predicted molar refractivity (Wildman–Crippen MR) is 135 cm³/mol. The van der Waals surface area contributed by atoms with Gasteiger partial charge in [-0.25, -0.2) is 4.68 Å². The molecule has 0 aliphatic rings. The van der Waals surface area contributed by atoms with Crippen LogP contribution in [0.1, 0.15) is 34.2 Å². The zero-order chi connectivity index (χ0) is 23.1. The maximum Gasteiger partial charge on any atom is 0.161 e. The van der Waals surface area contributed by atoms with E-state index in [4.69, 9.17) is 0 Å². The number of ketones is 1. The number of hydrogen-bond acceptors (Lipinski definition) is 3. The van der Waals surface area contributed by atoms with Crippen molar-refractivity contribution in [1.29, 1.82) is 0 Å². The first-order valence-corrected chi connectivity index (χ1v) is 10.9. The largest absolute Gasteiger partial charge is 0.507 e. The number of benzene rings is 4. The molecule has 4 nitrogen and oxygen atoms in total. The van der Waals surface area contributed by atoms with Crippen molar-refractivity contribution in [3.63, 3.8) is 0 Å². The van der Waals surface area contributed by atoms with Gasteiger partial charge in [0.2, 0.25) is 0 Å². The highest BCUT2D eigenvalue weighted by atomic mass is 16.3. The minimum Gasteiger partial charge on any atom is -0.507 e. The fraction of sp³-hybridized carbons (Fsp3) is 0.103. The lowest BCUT2D eigenvalue weighted by Crippen LogP contribution is -1.99. The summed E-state index contributed by atoms with van der Waals surface area (Å²) in [5, 5.41) is 20.3. The van der Waals surface area contributed by atoms with Crippen molar-refractivity contribution in [2.45, 2.75) is 20.8 Å². The van der Waals surface area contributed by atoms with Crippen molar-refractivity contribution in [3.05, 3.63) is 101 Å². The van der Waals surface area contributed by atoms with Crippen LogP contribution in [-0.4, -0.2) is 21.8 Å². The van der Waals surface area contributed by atoms with Gasteiger partial charge in [0.05, 0.1) is 6.21 Å². The van der Waals surface area contributed by atoms with Crippen LogP contribution in [0.15, 0.2) is 84.0 Å². The van der Waals surface area contributed by atoms with Crippen molar-refractivity contribution in [1.82, 2.24) is 4.68 Å². The summed E-state index contributed by atoms with van der Waals surface area (Å²) in [5.41, 5.74) is 4.68. The second-order valence-electron chi connectivity index (χ2n) is 8.33. The number of phenolic OH excluding ortho intramolecular Hbond substituents is 1. The van der Waals surface area contributed by atoms with E-state index in [0.717, 1.165) is 44.1 Å². The summed E-state index contributed by atoms with van der Waals surface area (Å²) in [7, 11) is 0. The van der Waals surface area contributed by atoms with Gasteiger partial charge in [-0.2, -0.15) is 5.10 Å². The Bertz CT molecular complexity index is 1520. The molecule has 33 heavy (non-hydrogen) atoms. The Morgan fingerprint density at radius 3 is 2.12 bits per heavy atom.